The molecule has 5 nitrogen and oxygen atoms in total. The van der Waals surface area contributed by atoms with Gasteiger partial charge in [0.25, 0.3) is 0 Å². The van der Waals surface area contributed by atoms with Gasteiger partial charge < -0.3 is 5.11 Å². The lowest BCUT2D eigenvalue weighted by Crippen LogP contribution is -2.35. The van der Waals surface area contributed by atoms with Crippen LogP contribution in [0.5, 0.6) is 0 Å². The Labute approximate surface area is 112 Å². The number of rotatable bonds is 7. The highest BCUT2D eigenvalue weighted by Gasteiger charge is 2.17. The first-order valence-corrected chi connectivity index (χ1v) is 7.71. The summed E-state index contributed by atoms with van der Waals surface area (Å²) in [5, 5.41) is 9.15. The van der Waals surface area contributed by atoms with Crippen LogP contribution >= 0.6 is 11.6 Å². The Morgan fingerprint density at radius 1 is 1.50 bits per heavy atom. The number of sulfonamides is 1. The minimum absolute atomic E-state index is 0.0382. The molecule has 2 N–H and O–H groups in total. The Balaban J connectivity index is 2.66. The molecule has 1 aromatic rings. The molecule has 0 radical (unpaired) electrons. The van der Waals surface area contributed by atoms with Gasteiger partial charge in [0.15, 0.2) is 0 Å². The zero-order chi connectivity index (χ0) is 13.6. The van der Waals surface area contributed by atoms with E-state index in [1.807, 2.05) is 6.92 Å². The number of pyridine rings is 1. The smallest absolute Gasteiger partial charge is 0.216 e. The van der Waals surface area contributed by atoms with Crippen LogP contribution in [-0.4, -0.2) is 31.2 Å². The van der Waals surface area contributed by atoms with Crippen molar-refractivity contribution in [3.63, 3.8) is 0 Å². The summed E-state index contributed by atoms with van der Waals surface area (Å²) in [5.74, 6) is -0.140. The summed E-state index contributed by atoms with van der Waals surface area (Å²) >= 11 is 5.63. The first-order valence-electron chi connectivity index (χ1n) is 5.68. The molecule has 0 bridgehead atoms. The molecule has 0 aliphatic heterocycles. The van der Waals surface area contributed by atoms with Crippen molar-refractivity contribution < 1.29 is 13.5 Å². The zero-order valence-corrected chi connectivity index (χ0v) is 11.7. The van der Waals surface area contributed by atoms with Crippen LogP contribution < -0.4 is 4.72 Å². The van der Waals surface area contributed by atoms with Gasteiger partial charge in [0.1, 0.15) is 5.15 Å². The SMILES string of the molecule is CCC(CCO)NS(=O)(=O)Cc1ccc(Cl)nc1. The Morgan fingerprint density at radius 3 is 2.72 bits per heavy atom. The molecule has 0 saturated heterocycles. The molecule has 1 heterocycles. The van der Waals surface area contributed by atoms with E-state index in [2.05, 4.69) is 9.71 Å². The van der Waals surface area contributed by atoms with Crippen LogP contribution in [0.25, 0.3) is 0 Å². The Morgan fingerprint density at radius 2 is 2.22 bits per heavy atom. The van der Waals surface area contributed by atoms with Gasteiger partial charge in [-0.3, -0.25) is 0 Å². The first kappa shape index (κ1) is 15.4. The van der Waals surface area contributed by atoms with E-state index in [4.69, 9.17) is 16.7 Å². The molecule has 102 valence electrons. The van der Waals surface area contributed by atoms with Crippen LogP contribution in [0.3, 0.4) is 0 Å². The number of hydrogen-bond acceptors (Lipinski definition) is 4. The molecular weight excluding hydrogens is 276 g/mol. The summed E-state index contributed by atoms with van der Waals surface area (Å²) in [6.07, 6.45) is 2.49. The van der Waals surface area contributed by atoms with Gasteiger partial charge in [-0.1, -0.05) is 24.6 Å². The van der Waals surface area contributed by atoms with Crippen LogP contribution in [0.4, 0.5) is 0 Å². The molecule has 1 aromatic heterocycles. The van der Waals surface area contributed by atoms with E-state index in [0.29, 0.717) is 23.6 Å². The summed E-state index contributed by atoms with van der Waals surface area (Å²) in [6.45, 7) is 1.83. The van der Waals surface area contributed by atoms with Crippen molar-refractivity contribution in [1.82, 2.24) is 9.71 Å². The molecule has 1 atom stereocenters. The molecule has 0 amide bonds. The molecule has 1 unspecified atom stereocenters. The minimum atomic E-state index is -3.43. The summed E-state index contributed by atoms with van der Waals surface area (Å²) in [7, 11) is -3.43. The predicted molar refractivity (Wildman–Crippen MR) is 70.8 cm³/mol. The average molecular weight is 293 g/mol. The molecule has 7 heteroatoms. The normalized spacial score (nSPS) is 13.5. The lowest BCUT2D eigenvalue weighted by molar-refractivity contribution is 0.270. The number of halogens is 1. The fourth-order valence-electron chi connectivity index (χ4n) is 1.51. The van der Waals surface area contributed by atoms with E-state index in [0.717, 1.165) is 0 Å². The van der Waals surface area contributed by atoms with Crippen molar-refractivity contribution in [3.05, 3.63) is 29.0 Å². The van der Waals surface area contributed by atoms with Gasteiger partial charge in [-0.15, -0.1) is 0 Å². The highest BCUT2D eigenvalue weighted by molar-refractivity contribution is 7.88. The van der Waals surface area contributed by atoms with E-state index in [9.17, 15) is 8.42 Å². The lowest BCUT2D eigenvalue weighted by Gasteiger charge is -2.15. The van der Waals surface area contributed by atoms with Gasteiger partial charge in [0.05, 0.1) is 5.75 Å². The summed E-state index contributed by atoms with van der Waals surface area (Å²) in [6, 6.07) is 2.94. The van der Waals surface area contributed by atoms with Gasteiger partial charge in [0, 0.05) is 18.8 Å². The van der Waals surface area contributed by atoms with Gasteiger partial charge >= 0.3 is 0 Å². The van der Waals surface area contributed by atoms with Gasteiger partial charge in [-0.25, -0.2) is 18.1 Å². The van der Waals surface area contributed by atoms with Crippen molar-refractivity contribution in [1.29, 1.82) is 0 Å². The van der Waals surface area contributed by atoms with Crippen molar-refractivity contribution in [2.45, 2.75) is 31.6 Å². The summed E-state index contributed by atoms with van der Waals surface area (Å²) in [5.41, 5.74) is 0.575. The fourth-order valence-corrected chi connectivity index (χ4v) is 3.11. The Kier molecular flexibility index (Phi) is 6.01. The number of aromatic nitrogens is 1. The van der Waals surface area contributed by atoms with Crippen molar-refractivity contribution in [3.8, 4) is 0 Å². The summed E-state index contributed by atoms with van der Waals surface area (Å²) in [4.78, 5) is 3.83. The van der Waals surface area contributed by atoms with Crippen molar-refractivity contribution >= 4 is 21.6 Å². The quantitative estimate of drug-likeness (QED) is 0.743. The standard InChI is InChI=1S/C11H17ClN2O3S/c1-2-10(5-6-15)14-18(16,17)8-9-3-4-11(12)13-7-9/h3-4,7,10,14-15H,2,5-6,8H2,1H3. The second-order valence-corrected chi connectivity index (χ2v) is 6.12. The maximum Gasteiger partial charge on any atom is 0.216 e. The highest BCUT2D eigenvalue weighted by Crippen LogP contribution is 2.09. The van der Waals surface area contributed by atoms with E-state index in [1.165, 1.54) is 6.20 Å². The van der Waals surface area contributed by atoms with Crippen LogP contribution in [-0.2, 0) is 15.8 Å². The number of hydrogen-bond donors (Lipinski definition) is 2. The molecule has 0 saturated carbocycles. The molecule has 0 fully saturated rings. The molecule has 0 aliphatic rings. The predicted octanol–water partition coefficient (Wildman–Crippen LogP) is 1.32. The van der Waals surface area contributed by atoms with E-state index in [1.54, 1.807) is 12.1 Å². The van der Waals surface area contributed by atoms with Crippen molar-refractivity contribution in [2.24, 2.45) is 0 Å². The summed E-state index contributed by atoms with van der Waals surface area (Å²) < 4.78 is 26.3. The third-order valence-electron chi connectivity index (χ3n) is 2.46. The second-order valence-electron chi connectivity index (χ2n) is 3.98. The molecule has 1 rings (SSSR count). The average Bonchev–Trinajstić information content (AvgIpc) is 2.31. The first-order chi connectivity index (χ1) is 8.46. The number of nitrogens with one attached hydrogen (secondary N) is 1. The van der Waals surface area contributed by atoms with Crippen LogP contribution in [0.2, 0.25) is 5.15 Å². The van der Waals surface area contributed by atoms with E-state index >= 15 is 0 Å². The zero-order valence-electron chi connectivity index (χ0n) is 10.1. The lowest BCUT2D eigenvalue weighted by atomic mass is 10.2. The fraction of sp³-hybridized carbons (Fsp3) is 0.545. The van der Waals surface area contributed by atoms with Crippen LogP contribution in [0.1, 0.15) is 25.3 Å². The number of aliphatic hydroxyl groups is 1. The van der Waals surface area contributed by atoms with Gasteiger partial charge in [-0.05, 0) is 24.5 Å². The third kappa shape index (κ3) is 5.30. The van der Waals surface area contributed by atoms with Crippen LogP contribution in [0, 0.1) is 0 Å². The van der Waals surface area contributed by atoms with E-state index in [-0.39, 0.29) is 18.4 Å². The third-order valence-corrected chi connectivity index (χ3v) is 4.09. The van der Waals surface area contributed by atoms with Crippen molar-refractivity contribution in [2.75, 3.05) is 6.61 Å². The molecule has 0 spiro atoms. The molecular formula is C11H17ClN2O3S. The topological polar surface area (TPSA) is 79.3 Å². The van der Waals surface area contributed by atoms with Gasteiger partial charge in [0.2, 0.25) is 10.0 Å². The maximum atomic E-state index is 11.9. The van der Waals surface area contributed by atoms with Gasteiger partial charge in [-0.2, -0.15) is 0 Å². The molecule has 0 aromatic carbocycles. The second kappa shape index (κ2) is 7.04. The monoisotopic (exact) mass is 292 g/mol. The Bertz CT molecular complexity index is 462. The van der Waals surface area contributed by atoms with E-state index < -0.39 is 10.0 Å². The molecule has 0 aliphatic carbocycles. The molecule has 18 heavy (non-hydrogen) atoms. The minimum Gasteiger partial charge on any atom is -0.396 e. The maximum absolute atomic E-state index is 11.9. The number of nitrogens with zero attached hydrogens (tertiary/aromatic N) is 1. The highest BCUT2D eigenvalue weighted by atomic mass is 35.5. The largest absolute Gasteiger partial charge is 0.396 e. The number of aliphatic hydroxyl groups excluding tert-OH is 1. The Hall–Kier alpha value is -0.690. The van der Waals surface area contributed by atoms with Crippen LogP contribution in [0.15, 0.2) is 18.3 Å².